The Bertz CT molecular complexity index is 460. The summed E-state index contributed by atoms with van der Waals surface area (Å²) < 4.78 is 5.94. The number of ether oxygens (including phenoxy) is 1. The van der Waals surface area contributed by atoms with Crippen LogP contribution >= 0.6 is 23.2 Å². The zero-order valence-electron chi connectivity index (χ0n) is 12.6. The maximum absolute atomic E-state index is 6.28. The maximum atomic E-state index is 6.28. The molecule has 3 nitrogen and oxygen atoms in total. The van der Waals surface area contributed by atoms with Crippen LogP contribution < -0.4 is 10.5 Å². The smallest absolute Gasteiger partial charge is 0.141 e. The van der Waals surface area contributed by atoms with E-state index >= 15 is 0 Å². The first-order chi connectivity index (χ1) is 10.1. The van der Waals surface area contributed by atoms with E-state index in [9.17, 15) is 0 Å². The van der Waals surface area contributed by atoms with Crippen molar-refractivity contribution in [3.63, 3.8) is 0 Å². The summed E-state index contributed by atoms with van der Waals surface area (Å²) in [5.74, 6) is 0.732. The minimum absolute atomic E-state index is 0.0453. The van der Waals surface area contributed by atoms with Crippen LogP contribution in [0.5, 0.6) is 5.75 Å². The predicted molar refractivity (Wildman–Crippen MR) is 89.6 cm³/mol. The minimum atomic E-state index is 0.0453. The van der Waals surface area contributed by atoms with Crippen LogP contribution in [0.4, 0.5) is 0 Å². The second-order valence-corrected chi connectivity index (χ2v) is 6.65. The molecule has 1 atom stereocenters. The van der Waals surface area contributed by atoms with Gasteiger partial charge in [-0.15, -0.1) is 0 Å². The summed E-state index contributed by atoms with van der Waals surface area (Å²) in [6.07, 6.45) is 4.63. The van der Waals surface area contributed by atoms with Gasteiger partial charge in [-0.2, -0.15) is 0 Å². The molecule has 2 N–H and O–H groups in total. The Morgan fingerprint density at radius 3 is 2.62 bits per heavy atom. The lowest BCUT2D eigenvalue weighted by atomic mass is 10.1. The zero-order chi connectivity index (χ0) is 15.2. The summed E-state index contributed by atoms with van der Waals surface area (Å²) in [6.45, 7) is 5.89. The van der Waals surface area contributed by atoms with Crippen molar-refractivity contribution in [3.05, 3.63) is 27.7 Å². The van der Waals surface area contributed by atoms with Gasteiger partial charge in [0.1, 0.15) is 12.4 Å². The predicted octanol–water partition coefficient (Wildman–Crippen LogP) is 3.75. The van der Waals surface area contributed by atoms with Gasteiger partial charge in [-0.3, -0.25) is 4.90 Å². The molecule has 0 saturated carbocycles. The zero-order valence-corrected chi connectivity index (χ0v) is 14.1. The first-order valence-corrected chi connectivity index (χ1v) is 8.40. The van der Waals surface area contributed by atoms with Gasteiger partial charge >= 0.3 is 0 Å². The van der Waals surface area contributed by atoms with Crippen molar-refractivity contribution < 1.29 is 4.74 Å². The van der Waals surface area contributed by atoms with Crippen LogP contribution in [0.1, 0.15) is 31.7 Å². The quantitative estimate of drug-likeness (QED) is 0.863. The summed E-state index contributed by atoms with van der Waals surface area (Å²) in [4.78, 5) is 2.44. The van der Waals surface area contributed by atoms with Crippen LogP contribution in [-0.2, 0) is 6.42 Å². The van der Waals surface area contributed by atoms with Gasteiger partial charge in [-0.1, -0.05) is 29.6 Å². The van der Waals surface area contributed by atoms with Crippen molar-refractivity contribution in [1.82, 2.24) is 4.90 Å². The highest BCUT2D eigenvalue weighted by Gasteiger charge is 2.14. The van der Waals surface area contributed by atoms with E-state index in [1.807, 2.05) is 13.0 Å². The van der Waals surface area contributed by atoms with Gasteiger partial charge in [0.15, 0.2) is 0 Å². The van der Waals surface area contributed by atoms with Crippen molar-refractivity contribution in [1.29, 1.82) is 0 Å². The van der Waals surface area contributed by atoms with Crippen molar-refractivity contribution in [3.8, 4) is 5.75 Å². The van der Waals surface area contributed by atoms with Crippen LogP contribution in [0.25, 0.3) is 0 Å². The molecule has 21 heavy (non-hydrogen) atoms. The Morgan fingerprint density at radius 1 is 1.24 bits per heavy atom. The highest BCUT2D eigenvalue weighted by molar-refractivity contribution is 6.35. The van der Waals surface area contributed by atoms with Crippen LogP contribution in [0, 0.1) is 0 Å². The fraction of sp³-hybridized carbons (Fsp3) is 0.625. The number of hydrogen-bond acceptors (Lipinski definition) is 3. The molecule has 0 aliphatic carbocycles. The van der Waals surface area contributed by atoms with Gasteiger partial charge < -0.3 is 10.5 Å². The van der Waals surface area contributed by atoms with Gasteiger partial charge in [0.25, 0.3) is 0 Å². The summed E-state index contributed by atoms with van der Waals surface area (Å²) >= 11 is 12.3. The lowest BCUT2D eigenvalue weighted by Gasteiger charge is -2.26. The van der Waals surface area contributed by atoms with Crippen molar-refractivity contribution in [2.75, 3.05) is 26.2 Å². The Morgan fingerprint density at radius 2 is 1.95 bits per heavy atom. The molecule has 0 amide bonds. The molecule has 1 aliphatic heterocycles. The van der Waals surface area contributed by atoms with E-state index in [1.54, 1.807) is 6.07 Å². The minimum Gasteiger partial charge on any atom is -0.490 e. The van der Waals surface area contributed by atoms with E-state index in [-0.39, 0.29) is 6.04 Å². The van der Waals surface area contributed by atoms with Crippen molar-refractivity contribution >= 4 is 23.2 Å². The van der Waals surface area contributed by atoms with Gasteiger partial charge in [0.2, 0.25) is 0 Å². The topological polar surface area (TPSA) is 38.5 Å². The molecule has 1 heterocycles. The van der Waals surface area contributed by atoms with Crippen LogP contribution in [0.3, 0.4) is 0 Å². The van der Waals surface area contributed by atoms with Crippen molar-refractivity contribution in [2.45, 2.75) is 38.6 Å². The van der Waals surface area contributed by atoms with E-state index in [0.29, 0.717) is 23.1 Å². The highest BCUT2D eigenvalue weighted by atomic mass is 35.5. The van der Waals surface area contributed by atoms with E-state index in [2.05, 4.69) is 4.90 Å². The normalized spacial score (nSPS) is 17.7. The Hall–Kier alpha value is -0.480. The van der Waals surface area contributed by atoms with Gasteiger partial charge in [0, 0.05) is 17.6 Å². The molecule has 5 heteroatoms. The lowest BCUT2D eigenvalue weighted by Crippen LogP contribution is -2.33. The standard InChI is InChI=1S/C16H24Cl2N2O/c1-12(19)9-13-10-14(17)11-15(18)16(13)21-8-7-20-5-3-2-4-6-20/h10-12H,2-9,19H2,1H3. The molecule has 1 fully saturated rings. The summed E-state index contributed by atoms with van der Waals surface area (Å²) in [7, 11) is 0. The molecule has 0 radical (unpaired) electrons. The monoisotopic (exact) mass is 330 g/mol. The number of rotatable bonds is 6. The van der Waals surface area contributed by atoms with Crippen LogP contribution in [-0.4, -0.2) is 37.2 Å². The Balaban J connectivity index is 1.97. The molecule has 1 saturated heterocycles. The molecule has 0 spiro atoms. The molecular formula is C16H24Cl2N2O. The molecule has 118 valence electrons. The van der Waals surface area contributed by atoms with Gasteiger partial charge in [0.05, 0.1) is 5.02 Å². The third-order valence-corrected chi connectivity index (χ3v) is 4.23. The largest absolute Gasteiger partial charge is 0.490 e. The average molecular weight is 331 g/mol. The van der Waals surface area contributed by atoms with Crippen molar-refractivity contribution in [2.24, 2.45) is 5.73 Å². The maximum Gasteiger partial charge on any atom is 0.141 e. The number of nitrogens with two attached hydrogens (primary N) is 1. The highest BCUT2D eigenvalue weighted by Crippen LogP contribution is 2.33. The molecule has 0 aromatic heterocycles. The number of halogens is 2. The molecule has 1 aromatic carbocycles. The number of piperidine rings is 1. The van der Waals surface area contributed by atoms with Gasteiger partial charge in [-0.25, -0.2) is 0 Å². The van der Waals surface area contributed by atoms with E-state index in [0.717, 1.165) is 17.9 Å². The second kappa shape index (κ2) is 8.23. The number of likely N-dealkylation sites (tertiary alicyclic amines) is 1. The van der Waals surface area contributed by atoms with Crippen LogP contribution in [0.2, 0.25) is 10.0 Å². The molecule has 2 rings (SSSR count). The second-order valence-electron chi connectivity index (χ2n) is 5.81. The van der Waals surface area contributed by atoms with Crippen LogP contribution in [0.15, 0.2) is 12.1 Å². The fourth-order valence-corrected chi connectivity index (χ4v) is 3.32. The molecule has 1 aromatic rings. The summed E-state index contributed by atoms with van der Waals surface area (Å²) in [5.41, 5.74) is 6.88. The molecular weight excluding hydrogens is 307 g/mol. The fourth-order valence-electron chi connectivity index (χ4n) is 2.73. The first-order valence-electron chi connectivity index (χ1n) is 7.65. The summed E-state index contributed by atoms with van der Waals surface area (Å²) in [5, 5.41) is 1.19. The van der Waals surface area contributed by atoms with E-state index in [1.165, 1.54) is 32.4 Å². The number of benzene rings is 1. The molecule has 1 aliphatic rings. The Kier molecular flexibility index (Phi) is 6.62. The SMILES string of the molecule is CC(N)Cc1cc(Cl)cc(Cl)c1OCCN1CCCCC1. The molecule has 1 unspecified atom stereocenters. The first kappa shape index (κ1) is 16.9. The lowest BCUT2D eigenvalue weighted by molar-refractivity contribution is 0.182. The number of nitrogens with zero attached hydrogens (tertiary/aromatic N) is 1. The van der Waals surface area contributed by atoms with E-state index in [4.69, 9.17) is 33.7 Å². The van der Waals surface area contributed by atoms with Gasteiger partial charge in [-0.05, 0) is 57.0 Å². The number of hydrogen-bond donors (Lipinski definition) is 1. The third kappa shape index (κ3) is 5.33. The Labute approximate surface area is 137 Å². The molecule has 0 bridgehead atoms. The third-order valence-electron chi connectivity index (χ3n) is 3.73. The van der Waals surface area contributed by atoms with E-state index < -0.39 is 0 Å². The summed E-state index contributed by atoms with van der Waals surface area (Å²) in [6, 6.07) is 3.67. The average Bonchev–Trinajstić information content (AvgIpc) is 2.42.